The van der Waals surface area contributed by atoms with Crippen molar-refractivity contribution in [3.63, 3.8) is 0 Å². The highest BCUT2D eigenvalue weighted by Gasteiger charge is 2.30. The summed E-state index contributed by atoms with van der Waals surface area (Å²) >= 11 is 0. The van der Waals surface area contributed by atoms with Gasteiger partial charge < -0.3 is 14.7 Å². The number of rotatable bonds is 4. The fraction of sp³-hybridized carbons (Fsp3) is 0.417. The molecule has 20 heavy (non-hydrogen) atoms. The molecule has 0 amide bonds. The van der Waals surface area contributed by atoms with Gasteiger partial charge in [-0.05, 0) is 12.1 Å². The summed E-state index contributed by atoms with van der Waals surface area (Å²) in [6, 6.07) is 4.51. The smallest absolute Gasteiger partial charge is 0.489 e. The first kappa shape index (κ1) is 14.4. The monoisotopic (exact) mass is 291 g/mol. The van der Waals surface area contributed by atoms with Crippen molar-refractivity contribution in [1.82, 2.24) is 0 Å². The number of carboxylic acid groups (broad SMARTS) is 1. The van der Waals surface area contributed by atoms with E-state index in [0.29, 0.717) is 12.2 Å². The number of anilines is 1. The van der Waals surface area contributed by atoms with Crippen LogP contribution in [0.4, 0.5) is 18.9 Å². The summed E-state index contributed by atoms with van der Waals surface area (Å²) in [7, 11) is 0. The third-order valence-electron chi connectivity index (χ3n) is 2.80. The van der Waals surface area contributed by atoms with E-state index in [-0.39, 0.29) is 24.5 Å². The molecule has 0 fully saturated rings. The van der Waals surface area contributed by atoms with Gasteiger partial charge in [-0.2, -0.15) is 0 Å². The molecule has 2 rings (SSSR count). The second-order valence-corrected chi connectivity index (χ2v) is 4.09. The molecular formula is C12H12F3NO4. The molecule has 0 unspecified atom stereocenters. The maximum atomic E-state index is 11.9. The first-order valence-corrected chi connectivity index (χ1v) is 5.83. The van der Waals surface area contributed by atoms with Gasteiger partial charge in [-0.15, -0.1) is 13.2 Å². The van der Waals surface area contributed by atoms with E-state index in [1.54, 1.807) is 11.0 Å². The molecule has 1 aromatic carbocycles. The lowest BCUT2D eigenvalue weighted by Gasteiger charge is -2.31. The van der Waals surface area contributed by atoms with Crippen molar-refractivity contribution in [1.29, 1.82) is 0 Å². The number of nitrogens with zero attached hydrogens (tertiary/aromatic N) is 1. The molecule has 1 aromatic rings. The lowest BCUT2D eigenvalue weighted by atomic mass is 10.1. The van der Waals surface area contributed by atoms with Crippen LogP contribution >= 0.6 is 0 Å². The summed E-state index contributed by atoms with van der Waals surface area (Å²) in [6.07, 6.45) is -4.67. The van der Waals surface area contributed by atoms with Gasteiger partial charge in [-0.3, -0.25) is 4.74 Å². The summed E-state index contributed by atoms with van der Waals surface area (Å²) in [5.74, 6) is -0.964. The number of hydrogen-bond acceptors (Lipinski definition) is 4. The van der Waals surface area contributed by atoms with E-state index < -0.39 is 18.9 Å². The maximum Gasteiger partial charge on any atom is 0.522 e. The lowest BCUT2D eigenvalue weighted by Crippen LogP contribution is -2.36. The van der Waals surface area contributed by atoms with E-state index in [1.807, 2.05) is 0 Å². The molecule has 110 valence electrons. The zero-order chi connectivity index (χ0) is 14.8. The minimum absolute atomic E-state index is 0.00105. The number of hydrogen-bond donors (Lipinski definition) is 1. The molecule has 0 aromatic heterocycles. The summed E-state index contributed by atoms with van der Waals surface area (Å²) in [5, 5.41) is 9.04. The number of ether oxygens (including phenoxy) is 2. The second kappa shape index (κ2) is 5.58. The first-order chi connectivity index (χ1) is 9.38. The van der Waals surface area contributed by atoms with Crippen LogP contribution in [0.25, 0.3) is 0 Å². The molecular weight excluding hydrogens is 279 g/mol. The molecule has 1 aliphatic rings. The summed E-state index contributed by atoms with van der Waals surface area (Å²) in [6.45, 7) is 0.0553. The average molecular weight is 291 g/mol. The topological polar surface area (TPSA) is 59.0 Å². The third-order valence-corrected chi connectivity index (χ3v) is 2.80. The zero-order valence-electron chi connectivity index (χ0n) is 10.3. The first-order valence-electron chi connectivity index (χ1n) is 5.83. The Bertz CT molecular complexity index is 504. The van der Waals surface area contributed by atoms with Crippen molar-refractivity contribution in [2.45, 2.75) is 6.36 Å². The standard InChI is InChI=1S/C12H12F3NO4/c13-12(14,15)20-7-5-16-4-6-19-10-8(11(17)18)2-1-3-9(10)16/h1-3H,4-7H2,(H,17,18). The van der Waals surface area contributed by atoms with Gasteiger partial charge in [-0.1, -0.05) is 6.07 Å². The Morgan fingerprint density at radius 1 is 1.45 bits per heavy atom. The van der Waals surface area contributed by atoms with Gasteiger partial charge in [0.2, 0.25) is 0 Å². The molecule has 0 saturated heterocycles. The van der Waals surface area contributed by atoms with Gasteiger partial charge in [0.25, 0.3) is 0 Å². The van der Waals surface area contributed by atoms with Crippen molar-refractivity contribution >= 4 is 11.7 Å². The Morgan fingerprint density at radius 2 is 2.20 bits per heavy atom. The third kappa shape index (κ3) is 3.32. The van der Waals surface area contributed by atoms with Gasteiger partial charge in [-0.25, -0.2) is 4.79 Å². The van der Waals surface area contributed by atoms with Crippen LogP contribution in [-0.2, 0) is 4.74 Å². The van der Waals surface area contributed by atoms with E-state index in [1.165, 1.54) is 12.1 Å². The summed E-state index contributed by atoms with van der Waals surface area (Å²) in [5.41, 5.74) is 0.450. The van der Waals surface area contributed by atoms with Crippen LogP contribution in [-0.4, -0.2) is 43.7 Å². The molecule has 0 aliphatic carbocycles. The molecule has 1 N–H and O–H groups in total. The molecule has 0 spiro atoms. The van der Waals surface area contributed by atoms with Crippen LogP contribution in [0.15, 0.2) is 18.2 Å². The molecule has 8 heteroatoms. The van der Waals surface area contributed by atoms with Crippen LogP contribution in [0.2, 0.25) is 0 Å². The molecule has 1 aliphatic heterocycles. The van der Waals surface area contributed by atoms with Gasteiger partial charge in [0.05, 0.1) is 18.8 Å². The SMILES string of the molecule is O=C(O)c1cccc2c1OCCN2CCOC(F)(F)F. The molecule has 0 bridgehead atoms. The van der Waals surface area contributed by atoms with Crippen LogP contribution in [0.1, 0.15) is 10.4 Å². The maximum absolute atomic E-state index is 11.9. The fourth-order valence-electron chi connectivity index (χ4n) is 1.98. The Kier molecular flexibility index (Phi) is 4.03. The van der Waals surface area contributed by atoms with E-state index >= 15 is 0 Å². The highest BCUT2D eigenvalue weighted by molar-refractivity contribution is 5.93. The second-order valence-electron chi connectivity index (χ2n) is 4.09. The van der Waals surface area contributed by atoms with Crippen molar-refractivity contribution in [2.24, 2.45) is 0 Å². The van der Waals surface area contributed by atoms with Crippen molar-refractivity contribution < 1.29 is 32.5 Å². The largest absolute Gasteiger partial charge is 0.522 e. The zero-order valence-corrected chi connectivity index (χ0v) is 10.3. The van der Waals surface area contributed by atoms with E-state index in [2.05, 4.69) is 4.74 Å². The Hall–Kier alpha value is -1.96. The quantitative estimate of drug-likeness (QED) is 0.920. The minimum atomic E-state index is -4.67. The average Bonchev–Trinajstić information content (AvgIpc) is 2.36. The number of fused-ring (bicyclic) bond motifs is 1. The number of aromatic carboxylic acids is 1. The molecule has 1 heterocycles. The van der Waals surface area contributed by atoms with Gasteiger partial charge in [0.1, 0.15) is 12.2 Å². The Morgan fingerprint density at radius 3 is 2.85 bits per heavy atom. The van der Waals surface area contributed by atoms with E-state index in [9.17, 15) is 18.0 Å². The van der Waals surface area contributed by atoms with Crippen molar-refractivity contribution in [3.8, 4) is 5.75 Å². The minimum Gasteiger partial charge on any atom is -0.489 e. The van der Waals surface area contributed by atoms with Crippen molar-refractivity contribution in [2.75, 3.05) is 31.2 Å². The normalized spacial score (nSPS) is 14.7. The molecule has 0 saturated carbocycles. The van der Waals surface area contributed by atoms with Crippen LogP contribution in [0, 0.1) is 0 Å². The highest BCUT2D eigenvalue weighted by atomic mass is 19.4. The van der Waals surface area contributed by atoms with E-state index in [0.717, 1.165) is 0 Å². The van der Waals surface area contributed by atoms with Crippen molar-refractivity contribution in [3.05, 3.63) is 23.8 Å². The van der Waals surface area contributed by atoms with Crippen LogP contribution < -0.4 is 9.64 Å². The lowest BCUT2D eigenvalue weighted by molar-refractivity contribution is -0.323. The molecule has 0 radical (unpaired) electrons. The highest BCUT2D eigenvalue weighted by Crippen LogP contribution is 2.34. The van der Waals surface area contributed by atoms with Gasteiger partial charge in [0.15, 0.2) is 5.75 Å². The number of para-hydroxylation sites is 1. The van der Waals surface area contributed by atoms with Crippen LogP contribution in [0.5, 0.6) is 5.75 Å². The number of alkyl halides is 3. The molecule has 0 atom stereocenters. The number of carbonyl (C=O) groups is 1. The molecule has 5 nitrogen and oxygen atoms in total. The number of benzene rings is 1. The fourth-order valence-corrected chi connectivity index (χ4v) is 1.98. The predicted octanol–water partition coefficient (Wildman–Crippen LogP) is 2.12. The Balaban J connectivity index is 2.12. The summed E-state index contributed by atoms with van der Waals surface area (Å²) < 4.78 is 44.8. The van der Waals surface area contributed by atoms with Gasteiger partial charge >= 0.3 is 12.3 Å². The number of halogens is 3. The summed E-state index contributed by atoms with van der Waals surface area (Å²) in [4.78, 5) is 12.7. The Labute approximate surface area is 112 Å². The van der Waals surface area contributed by atoms with Crippen LogP contribution in [0.3, 0.4) is 0 Å². The van der Waals surface area contributed by atoms with E-state index in [4.69, 9.17) is 9.84 Å². The predicted molar refractivity (Wildman–Crippen MR) is 63.1 cm³/mol. The number of carboxylic acids is 1. The van der Waals surface area contributed by atoms with Gasteiger partial charge in [0, 0.05) is 6.54 Å².